The summed E-state index contributed by atoms with van der Waals surface area (Å²) in [7, 11) is 0. The number of rotatable bonds is 25. The van der Waals surface area contributed by atoms with Gasteiger partial charge in [0.05, 0.1) is 19.3 Å². The van der Waals surface area contributed by atoms with Crippen molar-refractivity contribution in [2.45, 2.75) is 118 Å². The minimum atomic E-state index is -1.34. The van der Waals surface area contributed by atoms with Crippen molar-refractivity contribution in [3.05, 3.63) is 46.6 Å². The van der Waals surface area contributed by atoms with E-state index in [2.05, 4.69) is 13.8 Å². The Kier molecular flexibility index (Phi) is 22.3. The van der Waals surface area contributed by atoms with Gasteiger partial charge in [-0.25, -0.2) is 9.59 Å². The van der Waals surface area contributed by atoms with Crippen LogP contribution in [0.5, 0.6) is 0 Å². The number of carbonyl (C=O) groups is 4. The number of aliphatic hydroxyl groups excluding tert-OH is 3. The van der Waals surface area contributed by atoms with Gasteiger partial charge < -0.3 is 35.4 Å². The van der Waals surface area contributed by atoms with Crippen LogP contribution in [0.25, 0.3) is 0 Å². The Hall–Kier alpha value is -3.28. The quantitative estimate of drug-likeness (QED) is 0.0303. The van der Waals surface area contributed by atoms with E-state index in [1.165, 1.54) is 0 Å². The Labute approximate surface area is 279 Å². The first kappa shape index (κ1) is 43.7. The first-order valence-corrected chi connectivity index (χ1v) is 16.5. The van der Waals surface area contributed by atoms with E-state index in [9.17, 15) is 39.6 Å². The van der Waals surface area contributed by atoms with E-state index in [1.807, 2.05) is 26.0 Å². The molecule has 0 fully saturated rings. The third-order valence-corrected chi connectivity index (χ3v) is 8.07. The van der Waals surface area contributed by atoms with Gasteiger partial charge in [-0.2, -0.15) is 0 Å². The number of hydrogen-bond donors (Lipinski definition) is 6. The van der Waals surface area contributed by atoms with Crippen molar-refractivity contribution in [1.29, 1.82) is 0 Å². The molecule has 0 aromatic rings. The molecule has 0 amide bonds. The van der Waals surface area contributed by atoms with Crippen LogP contribution < -0.4 is 0 Å². The van der Waals surface area contributed by atoms with Crippen LogP contribution in [0.3, 0.4) is 0 Å². The summed E-state index contributed by atoms with van der Waals surface area (Å²) in [5.41, 5.74) is 3.42. The van der Waals surface area contributed by atoms with Crippen molar-refractivity contribution in [2.24, 2.45) is 23.7 Å². The van der Waals surface area contributed by atoms with Crippen LogP contribution in [0.15, 0.2) is 46.6 Å². The van der Waals surface area contributed by atoms with Crippen molar-refractivity contribution in [2.75, 3.05) is 13.2 Å². The third kappa shape index (κ3) is 20.5. The van der Waals surface area contributed by atoms with Crippen LogP contribution in [0.2, 0.25) is 0 Å². The fourth-order valence-corrected chi connectivity index (χ4v) is 5.84. The lowest BCUT2D eigenvalue weighted by Gasteiger charge is -2.27. The molecule has 47 heavy (non-hydrogen) atoms. The smallest absolute Gasteiger partial charge is 0.328 e. The SMILES string of the molecule is CC(=C\C(=O)O)/C=C(\C)C[C@H](C)CCCC[C@@H](O)[C@@H](CO)C(=O)O[C@@H](CCCC[C@@H](C)C/C(C)=C/C(C)=C/C(=O)O)[C@@H](CO)C(=O)O. The van der Waals surface area contributed by atoms with Gasteiger partial charge in [0, 0.05) is 12.2 Å². The van der Waals surface area contributed by atoms with Crippen molar-refractivity contribution >= 4 is 23.9 Å². The summed E-state index contributed by atoms with van der Waals surface area (Å²) in [5.74, 6) is -6.19. The minimum Gasteiger partial charge on any atom is -0.481 e. The Morgan fingerprint density at radius 3 is 1.40 bits per heavy atom. The van der Waals surface area contributed by atoms with Crippen molar-refractivity contribution in [1.82, 2.24) is 0 Å². The highest BCUT2D eigenvalue weighted by Gasteiger charge is 2.35. The molecule has 0 saturated carbocycles. The van der Waals surface area contributed by atoms with Gasteiger partial charge in [-0.1, -0.05) is 69.2 Å². The molecular weight excluding hydrogens is 608 g/mol. The fourth-order valence-electron chi connectivity index (χ4n) is 5.84. The van der Waals surface area contributed by atoms with Gasteiger partial charge in [0.1, 0.15) is 17.9 Å². The van der Waals surface area contributed by atoms with E-state index in [1.54, 1.807) is 13.8 Å². The maximum Gasteiger partial charge on any atom is 0.328 e. The van der Waals surface area contributed by atoms with Crippen molar-refractivity contribution < 1.29 is 54.6 Å². The number of carbonyl (C=O) groups excluding carboxylic acids is 1. The zero-order chi connectivity index (χ0) is 36.1. The maximum absolute atomic E-state index is 13.0. The van der Waals surface area contributed by atoms with Gasteiger partial charge in [0.2, 0.25) is 0 Å². The second-order valence-electron chi connectivity index (χ2n) is 13.1. The summed E-state index contributed by atoms with van der Waals surface area (Å²) in [5, 5.41) is 57.7. The maximum atomic E-state index is 13.0. The van der Waals surface area contributed by atoms with E-state index in [-0.39, 0.29) is 18.8 Å². The van der Waals surface area contributed by atoms with Gasteiger partial charge in [-0.05, 0) is 82.8 Å². The second-order valence-corrected chi connectivity index (χ2v) is 13.1. The molecule has 0 aromatic heterocycles. The molecule has 0 aliphatic heterocycles. The van der Waals surface area contributed by atoms with Crippen molar-refractivity contribution in [3.63, 3.8) is 0 Å². The Bertz CT molecular complexity index is 1120. The number of unbranched alkanes of at least 4 members (excludes halogenated alkanes) is 2. The number of hydrogen-bond acceptors (Lipinski definition) is 8. The standard InChI is InChI=1S/C36H58O11/c1-23(15-25(3)17-27(5)19-33(40)41)11-7-9-13-31(39)29(21-37)36(46)47-32(30(22-38)35(44)45)14-10-8-12-24(2)16-26(4)18-28(6)20-34(42)43/h17-20,23-24,29-32,37-39H,7-16,21-22H2,1-6H3,(H,40,41)(H,42,43)(H,44,45)/b25-17+,26-18+,27-19+,28-20+/t23-,24-,29-,30-,31-,32+/m1/s1. The molecule has 11 heteroatoms. The van der Waals surface area contributed by atoms with Crippen LogP contribution in [0.1, 0.15) is 106 Å². The van der Waals surface area contributed by atoms with E-state index in [0.717, 1.165) is 55.4 Å². The summed E-state index contributed by atoms with van der Waals surface area (Å²) in [4.78, 5) is 46.4. The number of allylic oxidation sites excluding steroid dienone is 6. The lowest BCUT2D eigenvalue weighted by atomic mass is 9.92. The zero-order valence-electron chi connectivity index (χ0n) is 29.0. The second kappa shape index (κ2) is 23.9. The molecule has 0 saturated heterocycles. The largest absolute Gasteiger partial charge is 0.481 e. The van der Waals surface area contributed by atoms with Crippen LogP contribution in [-0.4, -0.2) is 79.9 Å². The van der Waals surface area contributed by atoms with Gasteiger partial charge in [-0.3, -0.25) is 9.59 Å². The number of carboxylic acid groups (broad SMARTS) is 3. The third-order valence-electron chi connectivity index (χ3n) is 8.07. The van der Waals surface area contributed by atoms with E-state index in [4.69, 9.17) is 14.9 Å². The number of esters is 1. The molecule has 0 radical (unpaired) electrons. The highest BCUT2D eigenvalue weighted by atomic mass is 16.5. The molecule has 0 aromatic carbocycles. The van der Waals surface area contributed by atoms with Crippen LogP contribution in [0.4, 0.5) is 0 Å². The average Bonchev–Trinajstić information content (AvgIpc) is 2.92. The van der Waals surface area contributed by atoms with Crippen molar-refractivity contribution in [3.8, 4) is 0 Å². The highest BCUT2D eigenvalue weighted by molar-refractivity contribution is 5.81. The monoisotopic (exact) mass is 666 g/mol. The Morgan fingerprint density at radius 1 is 0.617 bits per heavy atom. The zero-order valence-corrected chi connectivity index (χ0v) is 29.0. The Morgan fingerprint density at radius 2 is 1.02 bits per heavy atom. The molecule has 6 atom stereocenters. The molecule has 0 rings (SSSR count). The van der Waals surface area contributed by atoms with Gasteiger partial charge in [0.15, 0.2) is 0 Å². The minimum absolute atomic E-state index is 0.191. The Balaban J connectivity index is 5.02. The lowest BCUT2D eigenvalue weighted by Crippen LogP contribution is -2.40. The van der Waals surface area contributed by atoms with Crippen LogP contribution >= 0.6 is 0 Å². The number of carboxylic acids is 3. The van der Waals surface area contributed by atoms with Gasteiger partial charge in [0.25, 0.3) is 0 Å². The van der Waals surface area contributed by atoms with Gasteiger partial charge in [-0.15, -0.1) is 0 Å². The number of ether oxygens (including phenoxy) is 1. The summed E-state index contributed by atoms with van der Waals surface area (Å²) in [6.07, 6.45) is 9.91. The molecular formula is C36H58O11. The summed E-state index contributed by atoms with van der Waals surface area (Å²) < 4.78 is 5.52. The van der Waals surface area contributed by atoms with E-state index >= 15 is 0 Å². The molecule has 0 aliphatic carbocycles. The highest BCUT2D eigenvalue weighted by Crippen LogP contribution is 2.24. The molecule has 0 aliphatic rings. The number of aliphatic carboxylic acids is 3. The lowest BCUT2D eigenvalue weighted by molar-refractivity contribution is -0.169. The molecule has 0 heterocycles. The first-order valence-electron chi connectivity index (χ1n) is 16.5. The molecule has 6 N–H and O–H groups in total. The molecule has 0 unspecified atom stereocenters. The predicted octanol–water partition coefficient (Wildman–Crippen LogP) is 5.69. The summed E-state index contributed by atoms with van der Waals surface area (Å²) in [6, 6.07) is 0. The molecule has 11 nitrogen and oxygen atoms in total. The molecule has 268 valence electrons. The summed E-state index contributed by atoms with van der Waals surface area (Å²) >= 11 is 0. The van der Waals surface area contributed by atoms with Gasteiger partial charge >= 0.3 is 23.9 Å². The topological polar surface area (TPSA) is 199 Å². The normalized spacial score (nSPS) is 17.0. The predicted molar refractivity (Wildman–Crippen MR) is 179 cm³/mol. The summed E-state index contributed by atoms with van der Waals surface area (Å²) in [6.45, 7) is 10.1. The number of aliphatic hydroxyl groups is 3. The fraction of sp³-hybridized carbons (Fsp3) is 0.667. The first-order chi connectivity index (χ1) is 22.0. The van der Waals surface area contributed by atoms with Crippen LogP contribution in [-0.2, 0) is 23.9 Å². The average molecular weight is 667 g/mol. The van der Waals surface area contributed by atoms with E-state index in [0.29, 0.717) is 36.3 Å². The molecule has 0 spiro atoms. The van der Waals surface area contributed by atoms with Crippen LogP contribution in [0, 0.1) is 23.7 Å². The van der Waals surface area contributed by atoms with E-state index < -0.39 is 61.1 Å². The molecule has 0 bridgehead atoms.